The normalized spacial score (nSPS) is 12.7. The van der Waals surface area contributed by atoms with E-state index < -0.39 is 25.4 Å². The number of halogens is 1. The van der Waals surface area contributed by atoms with Gasteiger partial charge in [-0.1, -0.05) is 13.8 Å². The lowest BCUT2D eigenvalue weighted by Gasteiger charge is -2.31. The molecular formula is C13H23ClN2O4S2. The summed E-state index contributed by atoms with van der Waals surface area (Å²) in [5.74, 6) is 0. The van der Waals surface area contributed by atoms with Gasteiger partial charge in [0.25, 0.3) is 0 Å². The Morgan fingerprint density at radius 2 is 1.41 bits per heavy atom. The van der Waals surface area contributed by atoms with E-state index in [4.69, 9.17) is 5.73 Å². The predicted molar refractivity (Wildman–Crippen MR) is 89.5 cm³/mol. The van der Waals surface area contributed by atoms with E-state index in [0.29, 0.717) is 12.8 Å². The number of benzene rings is 1. The van der Waals surface area contributed by atoms with Gasteiger partial charge in [0.05, 0.1) is 9.79 Å². The van der Waals surface area contributed by atoms with Crippen LogP contribution < -0.4 is 10.5 Å². The van der Waals surface area contributed by atoms with E-state index >= 15 is 0 Å². The van der Waals surface area contributed by atoms with Crippen LogP contribution in [0.4, 0.5) is 0 Å². The maximum Gasteiger partial charge on any atom is 0.241 e. The van der Waals surface area contributed by atoms with E-state index in [1.807, 2.05) is 13.8 Å². The Morgan fingerprint density at radius 1 is 1.00 bits per heavy atom. The third-order valence-electron chi connectivity index (χ3n) is 3.66. The molecule has 0 fully saturated rings. The number of nitrogens with one attached hydrogen (secondary N) is 1. The maximum absolute atomic E-state index is 12.4. The van der Waals surface area contributed by atoms with Crippen molar-refractivity contribution in [3.05, 3.63) is 24.3 Å². The smallest absolute Gasteiger partial charge is 0.241 e. The number of hydrogen-bond acceptors (Lipinski definition) is 5. The highest BCUT2D eigenvalue weighted by Crippen LogP contribution is 2.20. The molecule has 6 nitrogen and oxygen atoms in total. The molecule has 22 heavy (non-hydrogen) atoms. The fraction of sp³-hybridized carbons (Fsp3) is 0.538. The van der Waals surface area contributed by atoms with Gasteiger partial charge in [-0.2, -0.15) is 0 Å². The first-order chi connectivity index (χ1) is 9.60. The number of rotatable bonds is 7. The summed E-state index contributed by atoms with van der Waals surface area (Å²) >= 11 is 0. The Bertz CT molecular complexity index is 673. The largest absolute Gasteiger partial charge is 0.329 e. The Balaban J connectivity index is 0.00000441. The van der Waals surface area contributed by atoms with Gasteiger partial charge in [-0.25, -0.2) is 21.6 Å². The molecule has 0 saturated heterocycles. The van der Waals surface area contributed by atoms with Crippen molar-refractivity contribution in [1.82, 2.24) is 4.72 Å². The Kier molecular flexibility index (Phi) is 7.50. The van der Waals surface area contributed by atoms with Gasteiger partial charge in [0.2, 0.25) is 10.0 Å². The minimum Gasteiger partial charge on any atom is -0.329 e. The van der Waals surface area contributed by atoms with Gasteiger partial charge in [-0.15, -0.1) is 12.4 Å². The molecule has 1 aromatic rings. The maximum atomic E-state index is 12.4. The van der Waals surface area contributed by atoms with Crippen molar-refractivity contribution in [3.8, 4) is 0 Å². The average Bonchev–Trinajstić information content (AvgIpc) is 2.44. The molecule has 0 radical (unpaired) electrons. The highest BCUT2D eigenvalue weighted by atomic mass is 35.5. The van der Waals surface area contributed by atoms with E-state index in [1.54, 1.807) is 0 Å². The lowest BCUT2D eigenvalue weighted by Crippen LogP contribution is -2.52. The molecule has 0 bridgehead atoms. The standard InChI is InChI=1S/C13H22N2O4S2.ClH/c1-4-13(5-2,10-14)15-21(18,19)12-8-6-11(7-9-12)20(3,16)17;/h6-9,15H,4-5,10,14H2,1-3H3;1H. The van der Waals surface area contributed by atoms with Crippen LogP contribution >= 0.6 is 12.4 Å². The van der Waals surface area contributed by atoms with Gasteiger partial charge >= 0.3 is 0 Å². The van der Waals surface area contributed by atoms with E-state index in [2.05, 4.69) is 4.72 Å². The molecule has 0 spiro atoms. The number of nitrogens with two attached hydrogens (primary N) is 1. The van der Waals surface area contributed by atoms with Crippen LogP contribution in [0.15, 0.2) is 34.1 Å². The zero-order valence-corrected chi connectivity index (χ0v) is 15.3. The fourth-order valence-corrected chi connectivity index (χ4v) is 4.12. The van der Waals surface area contributed by atoms with Crippen molar-refractivity contribution in [1.29, 1.82) is 0 Å². The summed E-state index contributed by atoms with van der Waals surface area (Å²) in [6.07, 6.45) is 2.21. The quantitative estimate of drug-likeness (QED) is 0.752. The first-order valence-corrected chi connectivity index (χ1v) is 10.0. The van der Waals surface area contributed by atoms with Crippen molar-refractivity contribution >= 4 is 32.3 Å². The minimum atomic E-state index is -3.74. The lowest BCUT2D eigenvalue weighted by molar-refractivity contribution is 0.363. The van der Waals surface area contributed by atoms with Crippen LogP contribution in [-0.4, -0.2) is 35.2 Å². The molecule has 128 valence electrons. The zero-order chi connectivity index (χ0) is 16.3. The van der Waals surface area contributed by atoms with E-state index in [9.17, 15) is 16.8 Å². The lowest BCUT2D eigenvalue weighted by atomic mass is 9.95. The molecule has 0 saturated carbocycles. The number of sulfonamides is 1. The highest BCUT2D eigenvalue weighted by molar-refractivity contribution is 7.90. The second kappa shape index (κ2) is 7.74. The summed E-state index contributed by atoms with van der Waals surface area (Å²) in [7, 11) is -7.09. The Hall–Kier alpha value is -0.670. The Labute approximate surface area is 138 Å². The summed E-state index contributed by atoms with van der Waals surface area (Å²) in [5.41, 5.74) is 5.00. The molecule has 0 atom stereocenters. The summed E-state index contributed by atoms with van der Waals surface area (Å²) in [4.78, 5) is 0.104. The third-order valence-corrected chi connectivity index (χ3v) is 6.38. The van der Waals surface area contributed by atoms with E-state index in [1.165, 1.54) is 24.3 Å². The summed E-state index contributed by atoms with van der Waals surface area (Å²) in [5, 5.41) is 0. The molecule has 0 aromatic heterocycles. The van der Waals surface area contributed by atoms with Crippen molar-refractivity contribution in [2.24, 2.45) is 5.73 Å². The fourth-order valence-electron chi connectivity index (χ4n) is 1.93. The monoisotopic (exact) mass is 370 g/mol. The van der Waals surface area contributed by atoms with Crippen LogP contribution in [-0.2, 0) is 19.9 Å². The van der Waals surface area contributed by atoms with Gasteiger partial charge in [0.15, 0.2) is 9.84 Å². The highest BCUT2D eigenvalue weighted by Gasteiger charge is 2.30. The summed E-state index contributed by atoms with van der Waals surface area (Å²) in [6.45, 7) is 3.93. The molecule has 0 aliphatic heterocycles. The molecule has 9 heteroatoms. The first-order valence-electron chi connectivity index (χ1n) is 6.64. The molecule has 0 aliphatic carbocycles. The van der Waals surface area contributed by atoms with Gasteiger partial charge < -0.3 is 5.73 Å². The summed E-state index contributed by atoms with van der Waals surface area (Å²) < 4.78 is 50.1. The van der Waals surface area contributed by atoms with Crippen molar-refractivity contribution in [3.63, 3.8) is 0 Å². The van der Waals surface area contributed by atoms with Crippen LogP contribution in [0, 0.1) is 0 Å². The van der Waals surface area contributed by atoms with Crippen LogP contribution in [0.1, 0.15) is 26.7 Å². The SMILES string of the molecule is CCC(CC)(CN)NS(=O)(=O)c1ccc(S(C)(=O)=O)cc1.Cl. The van der Waals surface area contributed by atoms with Crippen molar-refractivity contribution < 1.29 is 16.8 Å². The van der Waals surface area contributed by atoms with Crippen LogP contribution in [0.3, 0.4) is 0 Å². The topological polar surface area (TPSA) is 106 Å². The molecule has 0 heterocycles. The minimum absolute atomic E-state index is 0. The van der Waals surface area contributed by atoms with Crippen LogP contribution in [0.5, 0.6) is 0 Å². The molecule has 0 amide bonds. The third kappa shape index (κ3) is 4.92. The summed E-state index contributed by atoms with van der Waals surface area (Å²) in [6, 6.07) is 5.13. The Morgan fingerprint density at radius 3 is 1.73 bits per heavy atom. The van der Waals surface area contributed by atoms with Crippen LogP contribution in [0.25, 0.3) is 0 Å². The van der Waals surface area contributed by atoms with Crippen molar-refractivity contribution in [2.75, 3.05) is 12.8 Å². The second-order valence-corrected chi connectivity index (χ2v) is 8.74. The predicted octanol–water partition coefficient (Wildman–Crippen LogP) is 1.31. The van der Waals surface area contributed by atoms with Gasteiger partial charge in [-0.3, -0.25) is 0 Å². The number of hydrogen-bond donors (Lipinski definition) is 2. The molecule has 0 aliphatic rings. The molecule has 1 rings (SSSR count). The van der Waals surface area contributed by atoms with Gasteiger partial charge in [0, 0.05) is 18.3 Å². The molecular weight excluding hydrogens is 348 g/mol. The first kappa shape index (κ1) is 21.3. The van der Waals surface area contributed by atoms with E-state index in [0.717, 1.165) is 6.26 Å². The van der Waals surface area contributed by atoms with Crippen LogP contribution in [0.2, 0.25) is 0 Å². The number of sulfone groups is 1. The average molecular weight is 371 g/mol. The molecule has 0 unspecified atom stereocenters. The molecule has 3 N–H and O–H groups in total. The zero-order valence-electron chi connectivity index (χ0n) is 12.9. The van der Waals surface area contributed by atoms with Gasteiger partial charge in [0.1, 0.15) is 0 Å². The van der Waals surface area contributed by atoms with E-state index in [-0.39, 0.29) is 28.7 Å². The van der Waals surface area contributed by atoms with Crippen molar-refractivity contribution in [2.45, 2.75) is 42.0 Å². The molecule has 1 aromatic carbocycles. The second-order valence-electron chi connectivity index (χ2n) is 5.04. The van der Waals surface area contributed by atoms with Gasteiger partial charge in [-0.05, 0) is 37.1 Å².